The molecule has 0 radical (unpaired) electrons. The molecule has 2 aromatic carbocycles. The maximum absolute atomic E-state index is 12.1. The molecule has 0 saturated carbocycles. The number of nitrogens with zero attached hydrogens (tertiary/aromatic N) is 1. The SMILES string of the molecule is COc1ccc(C(C)=O)cc1CSCC(=O)NCCNc1ccc(S(C)(=O)=O)cc1[N+](=O)[O-]. The van der Waals surface area contributed by atoms with E-state index in [1.54, 1.807) is 18.2 Å². The molecule has 2 N–H and O–H groups in total. The number of sulfone groups is 1. The predicted octanol–water partition coefficient (Wildman–Crippen LogP) is 2.67. The summed E-state index contributed by atoms with van der Waals surface area (Å²) in [6.07, 6.45) is 0.975. The third-order valence-corrected chi connectivity index (χ3v) is 6.63. The van der Waals surface area contributed by atoms with Crippen molar-refractivity contribution in [1.82, 2.24) is 5.32 Å². The van der Waals surface area contributed by atoms with Gasteiger partial charge in [0.05, 0.1) is 22.7 Å². The van der Waals surface area contributed by atoms with Gasteiger partial charge < -0.3 is 15.4 Å². The average molecular weight is 496 g/mol. The monoisotopic (exact) mass is 495 g/mol. The van der Waals surface area contributed by atoms with Crippen LogP contribution in [0.5, 0.6) is 5.75 Å². The molecular formula is C21H25N3O7S2. The first-order valence-corrected chi connectivity index (χ1v) is 12.8. The fourth-order valence-electron chi connectivity index (χ4n) is 2.86. The molecule has 12 heteroatoms. The van der Waals surface area contributed by atoms with Gasteiger partial charge in [0.2, 0.25) is 5.91 Å². The van der Waals surface area contributed by atoms with Crippen molar-refractivity contribution in [2.45, 2.75) is 17.6 Å². The number of anilines is 1. The topological polar surface area (TPSA) is 145 Å². The van der Waals surface area contributed by atoms with Gasteiger partial charge in [-0.25, -0.2) is 8.42 Å². The lowest BCUT2D eigenvalue weighted by Gasteiger charge is -2.11. The van der Waals surface area contributed by atoms with Crippen molar-refractivity contribution in [3.63, 3.8) is 0 Å². The van der Waals surface area contributed by atoms with Crippen LogP contribution in [-0.2, 0) is 20.4 Å². The number of methoxy groups -OCH3 is 1. The third-order valence-electron chi connectivity index (χ3n) is 4.53. The normalized spacial score (nSPS) is 11.0. The standard InChI is InChI=1S/C21H25N3O7S2/c1-14(25)15-4-7-20(31-2)16(10-15)12-32-13-21(26)23-9-8-22-18-6-5-17(33(3,29)30)11-19(18)24(27)28/h4-7,10-11,22H,8-9,12-13H2,1-3H3,(H,23,26). The summed E-state index contributed by atoms with van der Waals surface area (Å²) in [5.41, 5.74) is 1.19. The molecule has 2 rings (SSSR count). The molecule has 0 fully saturated rings. The number of nitrogens with one attached hydrogen (secondary N) is 2. The van der Waals surface area contributed by atoms with E-state index in [-0.39, 0.29) is 46.8 Å². The predicted molar refractivity (Wildman–Crippen MR) is 127 cm³/mol. The Balaban J connectivity index is 1.83. The van der Waals surface area contributed by atoms with Gasteiger partial charge in [-0.3, -0.25) is 19.7 Å². The van der Waals surface area contributed by atoms with Crippen molar-refractivity contribution in [2.75, 3.05) is 37.5 Å². The van der Waals surface area contributed by atoms with Gasteiger partial charge in [-0.2, -0.15) is 0 Å². The number of hydrogen-bond donors (Lipinski definition) is 2. The van der Waals surface area contributed by atoms with Crippen LogP contribution in [0.25, 0.3) is 0 Å². The molecule has 10 nitrogen and oxygen atoms in total. The Bertz CT molecular complexity index is 1150. The number of ether oxygens (including phenoxy) is 1. The molecule has 0 aliphatic heterocycles. The second-order valence-corrected chi connectivity index (χ2v) is 10.1. The van der Waals surface area contributed by atoms with Crippen molar-refractivity contribution in [3.05, 3.63) is 57.6 Å². The Labute approximate surface area is 196 Å². The van der Waals surface area contributed by atoms with Gasteiger partial charge in [-0.05, 0) is 37.3 Å². The maximum atomic E-state index is 12.1. The largest absolute Gasteiger partial charge is 0.496 e. The minimum Gasteiger partial charge on any atom is -0.496 e. The minimum atomic E-state index is -3.57. The van der Waals surface area contributed by atoms with Crippen molar-refractivity contribution >= 4 is 44.7 Å². The Morgan fingerprint density at radius 3 is 2.48 bits per heavy atom. The molecule has 0 bridgehead atoms. The molecule has 33 heavy (non-hydrogen) atoms. The first kappa shape index (κ1) is 26.1. The van der Waals surface area contributed by atoms with E-state index in [0.717, 1.165) is 17.9 Å². The smallest absolute Gasteiger partial charge is 0.293 e. The summed E-state index contributed by atoms with van der Waals surface area (Å²) in [6, 6.07) is 8.78. The Hall–Kier alpha value is -3.12. The summed E-state index contributed by atoms with van der Waals surface area (Å²) < 4.78 is 28.5. The van der Waals surface area contributed by atoms with Crippen LogP contribution in [0, 0.1) is 10.1 Å². The number of nitro groups is 1. The second-order valence-electron chi connectivity index (χ2n) is 7.06. The summed E-state index contributed by atoms with van der Waals surface area (Å²) >= 11 is 1.36. The second kappa shape index (κ2) is 11.7. The first-order valence-electron chi connectivity index (χ1n) is 9.77. The van der Waals surface area contributed by atoms with Gasteiger partial charge in [-0.1, -0.05) is 0 Å². The van der Waals surface area contributed by atoms with Gasteiger partial charge in [-0.15, -0.1) is 11.8 Å². The van der Waals surface area contributed by atoms with Crippen molar-refractivity contribution in [3.8, 4) is 5.75 Å². The van der Waals surface area contributed by atoms with Gasteiger partial charge in [0.25, 0.3) is 5.69 Å². The van der Waals surface area contributed by atoms with Gasteiger partial charge in [0.15, 0.2) is 15.6 Å². The van der Waals surface area contributed by atoms with Crippen molar-refractivity contribution < 1.29 is 27.7 Å². The summed E-state index contributed by atoms with van der Waals surface area (Å²) in [5.74, 6) is 1.03. The van der Waals surface area contributed by atoms with E-state index in [9.17, 15) is 28.1 Å². The van der Waals surface area contributed by atoms with E-state index in [1.807, 2.05) is 0 Å². The number of Topliss-reactive ketones (excluding diaryl/α,β-unsaturated/α-hetero) is 1. The van der Waals surface area contributed by atoms with E-state index in [1.165, 1.54) is 37.9 Å². The molecule has 0 aliphatic carbocycles. The van der Waals surface area contributed by atoms with Crippen LogP contribution in [0.1, 0.15) is 22.8 Å². The molecule has 0 aliphatic rings. The Kier molecular flexibility index (Phi) is 9.23. The summed E-state index contributed by atoms with van der Waals surface area (Å²) in [5, 5.41) is 16.8. The zero-order chi connectivity index (χ0) is 24.6. The molecule has 0 heterocycles. The number of amides is 1. The van der Waals surface area contributed by atoms with Crippen LogP contribution in [-0.4, -0.2) is 57.2 Å². The highest BCUT2D eigenvalue weighted by molar-refractivity contribution is 7.99. The van der Waals surface area contributed by atoms with E-state index in [4.69, 9.17) is 4.74 Å². The lowest BCUT2D eigenvalue weighted by atomic mass is 10.1. The molecule has 0 atom stereocenters. The number of carbonyl (C=O) groups is 2. The van der Waals surface area contributed by atoms with Crippen LogP contribution in [0.3, 0.4) is 0 Å². The van der Waals surface area contributed by atoms with E-state index in [0.29, 0.717) is 17.1 Å². The third kappa shape index (κ3) is 7.75. The highest BCUT2D eigenvalue weighted by Gasteiger charge is 2.18. The Morgan fingerprint density at radius 1 is 1.15 bits per heavy atom. The molecule has 0 saturated heterocycles. The fourth-order valence-corrected chi connectivity index (χ4v) is 4.33. The maximum Gasteiger partial charge on any atom is 0.293 e. The lowest BCUT2D eigenvalue weighted by molar-refractivity contribution is -0.384. The first-order chi connectivity index (χ1) is 15.5. The lowest BCUT2D eigenvalue weighted by Crippen LogP contribution is -2.30. The minimum absolute atomic E-state index is 0.0552. The van der Waals surface area contributed by atoms with Crippen LogP contribution < -0.4 is 15.4 Å². The van der Waals surface area contributed by atoms with Gasteiger partial charge in [0.1, 0.15) is 11.4 Å². The number of nitro benzene ring substituents is 1. The number of ketones is 1. The van der Waals surface area contributed by atoms with Gasteiger partial charge >= 0.3 is 0 Å². The van der Waals surface area contributed by atoms with Crippen LogP contribution >= 0.6 is 11.8 Å². The quantitative estimate of drug-likeness (QED) is 0.196. The molecule has 0 aromatic heterocycles. The van der Waals surface area contributed by atoms with Crippen molar-refractivity contribution in [1.29, 1.82) is 0 Å². The highest BCUT2D eigenvalue weighted by atomic mass is 32.2. The summed E-state index contributed by atoms with van der Waals surface area (Å²) in [6.45, 7) is 1.91. The van der Waals surface area contributed by atoms with Crippen LogP contribution in [0.4, 0.5) is 11.4 Å². The molecule has 178 valence electrons. The number of thioether (sulfide) groups is 1. The summed E-state index contributed by atoms with van der Waals surface area (Å²) in [7, 11) is -2.03. The number of carbonyl (C=O) groups excluding carboxylic acids is 2. The highest BCUT2D eigenvalue weighted by Crippen LogP contribution is 2.27. The molecule has 2 aromatic rings. The van der Waals surface area contributed by atoms with Gasteiger partial charge in [0, 0.05) is 42.3 Å². The summed E-state index contributed by atoms with van der Waals surface area (Å²) in [4.78, 5) is 34.1. The zero-order valence-corrected chi connectivity index (χ0v) is 20.0. The molecule has 0 spiro atoms. The zero-order valence-electron chi connectivity index (χ0n) is 18.4. The van der Waals surface area contributed by atoms with Crippen LogP contribution in [0.15, 0.2) is 41.3 Å². The number of hydrogen-bond acceptors (Lipinski definition) is 9. The molecule has 0 unspecified atom stereocenters. The van der Waals surface area contributed by atoms with E-state index in [2.05, 4.69) is 10.6 Å². The molecule has 1 amide bonds. The van der Waals surface area contributed by atoms with E-state index >= 15 is 0 Å². The fraction of sp³-hybridized carbons (Fsp3) is 0.333. The number of rotatable bonds is 12. The van der Waals surface area contributed by atoms with Crippen molar-refractivity contribution in [2.24, 2.45) is 0 Å². The molecular weight excluding hydrogens is 470 g/mol. The van der Waals surface area contributed by atoms with Crippen LogP contribution in [0.2, 0.25) is 0 Å². The number of benzene rings is 2. The Morgan fingerprint density at radius 2 is 1.88 bits per heavy atom. The average Bonchev–Trinajstić information content (AvgIpc) is 2.75. The van der Waals surface area contributed by atoms with E-state index < -0.39 is 14.8 Å².